The number of benzene rings is 2. The van der Waals surface area contributed by atoms with E-state index < -0.39 is 18.1 Å². The number of hydrogen-bond donors (Lipinski definition) is 3. The number of esters is 1. The maximum atomic E-state index is 13.2. The van der Waals surface area contributed by atoms with Crippen LogP contribution in [0.15, 0.2) is 42.5 Å². The van der Waals surface area contributed by atoms with Gasteiger partial charge in [0.15, 0.2) is 0 Å². The second kappa shape index (κ2) is 19.4. The molecule has 0 radical (unpaired) electrons. The van der Waals surface area contributed by atoms with E-state index in [4.69, 9.17) is 16.2 Å². The zero-order valence-corrected chi connectivity index (χ0v) is 26.2. The Balaban J connectivity index is 0.00000507. The van der Waals surface area contributed by atoms with Crippen LogP contribution in [0.3, 0.4) is 0 Å². The van der Waals surface area contributed by atoms with Crippen LogP contribution < -0.4 is 16.8 Å². The molecule has 0 saturated carbocycles. The van der Waals surface area contributed by atoms with Crippen molar-refractivity contribution in [2.24, 2.45) is 11.5 Å². The number of thioether (sulfide) groups is 1. The number of halogens is 3. The van der Waals surface area contributed by atoms with Crippen LogP contribution >= 0.6 is 49.0 Å². The van der Waals surface area contributed by atoms with Crippen molar-refractivity contribution in [2.45, 2.75) is 43.9 Å². The molecule has 1 fully saturated rings. The van der Waals surface area contributed by atoms with Gasteiger partial charge in [-0.2, -0.15) is 11.8 Å². The molecule has 1 heterocycles. The summed E-state index contributed by atoms with van der Waals surface area (Å²) in [6.07, 6.45) is 4.15. The van der Waals surface area contributed by atoms with Crippen molar-refractivity contribution in [2.75, 3.05) is 45.3 Å². The molecule has 3 rings (SSSR count). The summed E-state index contributed by atoms with van der Waals surface area (Å²) in [7, 11) is 1.32. The van der Waals surface area contributed by atoms with E-state index in [-0.39, 0.29) is 68.2 Å². The van der Waals surface area contributed by atoms with Crippen molar-refractivity contribution in [1.29, 1.82) is 0 Å². The van der Waals surface area contributed by atoms with Crippen LogP contribution in [-0.4, -0.2) is 91.0 Å². The van der Waals surface area contributed by atoms with E-state index in [9.17, 15) is 14.4 Å². The Labute approximate surface area is 259 Å². The van der Waals surface area contributed by atoms with Gasteiger partial charge in [-0.05, 0) is 47.6 Å². The largest absolute Gasteiger partial charge is 0.467 e. The molecular formula is C27H42Cl3N5O4S. The summed E-state index contributed by atoms with van der Waals surface area (Å²) in [5.74, 6) is -0.139. The van der Waals surface area contributed by atoms with E-state index in [1.165, 1.54) is 7.11 Å². The standard InChI is InChI=1S/C27H39N5O4S.3ClH/c1-36-27(35)24(12-14-37-2)30-25(33)18-31(16-20-9-5-8-19-7-3-4-11-22(19)20)17-21-10-6-13-32(21)26(34)23(29)15-28;;;/h3-5,7-9,11,21,23-24H,6,10,12-18,28-29H2,1-2H3,(H,30,33);3*1H/t21-,23-,24?;;;/m0.../s1. The van der Waals surface area contributed by atoms with E-state index in [0.717, 1.165) is 34.9 Å². The monoisotopic (exact) mass is 637 g/mol. The topological polar surface area (TPSA) is 131 Å². The lowest BCUT2D eigenvalue weighted by Crippen LogP contribution is -2.53. The fourth-order valence-electron chi connectivity index (χ4n) is 4.85. The maximum Gasteiger partial charge on any atom is 0.328 e. The Kier molecular flexibility index (Phi) is 18.5. The van der Waals surface area contributed by atoms with Gasteiger partial charge in [-0.15, -0.1) is 37.2 Å². The molecule has 9 nitrogen and oxygen atoms in total. The van der Waals surface area contributed by atoms with Gasteiger partial charge < -0.3 is 26.4 Å². The molecule has 0 aliphatic carbocycles. The molecule has 1 aliphatic rings. The SMILES string of the molecule is COC(=O)C(CCSC)NC(=O)CN(Cc1cccc2ccccc12)C[C@@H]1CCCN1C(=O)[C@@H](N)CN.Cl.Cl.Cl. The number of methoxy groups -OCH3 is 1. The normalized spacial score (nSPS) is 15.8. The number of nitrogens with one attached hydrogen (secondary N) is 1. The van der Waals surface area contributed by atoms with Gasteiger partial charge in [0.25, 0.3) is 0 Å². The molecule has 1 unspecified atom stereocenters. The second-order valence-corrected chi connectivity index (χ2v) is 10.4. The molecule has 0 spiro atoms. The zero-order valence-electron chi connectivity index (χ0n) is 23.0. The maximum absolute atomic E-state index is 13.2. The lowest BCUT2D eigenvalue weighted by molar-refractivity contribution is -0.145. The lowest BCUT2D eigenvalue weighted by atomic mass is 10.0. The average Bonchev–Trinajstić information content (AvgIpc) is 3.37. The minimum atomic E-state index is -0.729. The number of ether oxygens (including phenoxy) is 1. The first-order valence-electron chi connectivity index (χ1n) is 12.7. The quantitative estimate of drug-likeness (QED) is 0.286. The predicted octanol–water partition coefficient (Wildman–Crippen LogP) is 2.60. The molecule has 3 atom stereocenters. The van der Waals surface area contributed by atoms with Gasteiger partial charge in [-0.3, -0.25) is 14.5 Å². The lowest BCUT2D eigenvalue weighted by Gasteiger charge is -2.32. The van der Waals surface area contributed by atoms with Gasteiger partial charge in [0, 0.05) is 32.2 Å². The summed E-state index contributed by atoms with van der Waals surface area (Å²) in [4.78, 5) is 42.1. The molecule has 2 aromatic carbocycles. The number of carbonyl (C=O) groups is 3. The Bertz CT molecular complexity index is 1080. The summed E-state index contributed by atoms with van der Waals surface area (Å²) >= 11 is 1.60. The van der Waals surface area contributed by atoms with Crippen molar-refractivity contribution >= 4 is 77.5 Å². The number of carbonyl (C=O) groups excluding carboxylic acids is 3. The van der Waals surface area contributed by atoms with Gasteiger partial charge in [-0.25, -0.2) is 4.79 Å². The van der Waals surface area contributed by atoms with Crippen LogP contribution in [0, 0.1) is 0 Å². The summed E-state index contributed by atoms with van der Waals surface area (Å²) in [6, 6.07) is 12.8. The van der Waals surface area contributed by atoms with Crippen molar-refractivity contribution in [3.63, 3.8) is 0 Å². The molecular weight excluding hydrogens is 597 g/mol. The van der Waals surface area contributed by atoms with Gasteiger partial charge in [0.2, 0.25) is 11.8 Å². The van der Waals surface area contributed by atoms with Crippen LogP contribution in [0.4, 0.5) is 0 Å². The fraction of sp³-hybridized carbons (Fsp3) is 0.519. The minimum Gasteiger partial charge on any atom is -0.467 e. The highest BCUT2D eigenvalue weighted by atomic mass is 35.5. The Morgan fingerprint density at radius 3 is 2.52 bits per heavy atom. The number of amides is 2. The highest BCUT2D eigenvalue weighted by molar-refractivity contribution is 7.98. The summed E-state index contributed by atoms with van der Waals surface area (Å²) in [5.41, 5.74) is 12.7. The van der Waals surface area contributed by atoms with Crippen molar-refractivity contribution in [1.82, 2.24) is 15.1 Å². The van der Waals surface area contributed by atoms with E-state index in [1.807, 2.05) is 29.4 Å². The Morgan fingerprint density at radius 1 is 1.15 bits per heavy atom. The third kappa shape index (κ3) is 10.6. The smallest absolute Gasteiger partial charge is 0.328 e. The number of likely N-dealkylation sites (tertiary alicyclic amines) is 1. The van der Waals surface area contributed by atoms with Crippen LogP contribution in [-0.2, 0) is 25.7 Å². The van der Waals surface area contributed by atoms with Gasteiger partial charge in [0.05, 0.1) is 19.7 Å². The highest BCUT2D eigenvalue weighted by Gasteiger charge is 2.33. The molecule has 0 bridgehead atoms. The summed E-state index contributed by atoms with van der Waals surface area (Å²) in [6.45, 7) is 1.83. The van der Waals surface area contributed by atoms with E-state index in [2.05, 4.69) is 29.6 Å². The van der Waals surface area contributed by atoms with Gasteiger partial charge in [0.1, 0.15) is 6.04 Å². The third-order valence-corrected chi connectivity index (χ3v) is 7.42. The van der Waals surface area contributed by atoms with Crippen molar-refractivity contribution in [3.05, 3.63) is 48.0 Å². The second-order valence-electron chi connectivity index (χ2n) is 9.40. The molecule has 13 heteroatoms. The number of nitrogens with zero attached hydrogens (tertiary/aromatic N) is 2. The van der Waals surface area contributed by atoms with Crippen LogP contribution in [0.5, 0.6) is 0 Å². The van der Waals surface area contributed by atoms with E-state index in [0.29, 0.717) is 26.1 Å². The third-order valence-electron chi connectivity index (χ3n) is 6.77. The molecule has 1 aliphatic heterocycles. The molecule has 0 aromatic heterocycles. The Morgan fingerprint density at radius 2 is 1.85 bits per heavy atom. The number of nitrogens with two attached hydrogens (primary N) is 2. The van der Waals surface area contributed by atoms with Crippen LogP contribution in [0.2, 0.25) is 0 Å². The summed E-state index contributed by atoms with van der Waals surface area (Å²) < 4.78 is 4.90. The molecule has 2 aromatic rings. The fourth-order valence-corrected chi connectivity index (χ4v) is 5.33. The number of fused-ring (bicyclic) bond motifs is 1. The average molecular weight is 639 g/mol. The number of hydrogen-bond acceptors (Lipinski definition) is 8. The molecule has 1 saturated heterocycles. The Hall–Kier alpha value is -1.79. The van der Waals surface area contributed by atoms with E-state index >= 15 is 0 Å². The molecule has 40 heavy (non-hydrogen) atoms. The molecule has 226 valence electrons. The molecule has 2 amide bonds. The van der Waals surface area contributed by atoms with Gasteiger partial charge >= 0.3 is 5.97 Å². The first-order valence-corrected chi connectivity index (χ1v) is 14.1. The molecule has 5 N–H and O–H groups in total. The minimum absolute atomic E-state index is 0. The summed E-state index contributed by atoms with van der Waals surface area (Å²) in [5, 5.41) is 5.10. The van der Waals surface area contributed by atoms with Crippen molar-refractivity contribution < 1.29 is 19.1 Å². The number of rotatable bonds is 13. The zero-order chi connectivity index (χ0) is 26.8. The predicted molar refractivity (Wildman–Crippen MR) is 170 cm³/mol. The highest BCUT2D eigenvalue weighted by Crippen LogP contribution is 2.23. The van der Waals surface area contributed by atoms with E-state index in [1.54, 1.807) is 16.7 Å². The first-order chi connectivity index (χ1) is 17.9. The van der Waals surface area contributed by atoms with Gasteiger partial charge in [-0.1, -0.05) is 42.5 Å². The van der Waals surface area contributed by atoms with Crippen molar-refractivity contribution in [3.8, 4) is 0 Å². The van der Waals surface area contributed by atoms with Crippen LogP contribution in [0.25, 0.3) is 10.8 Å². The first kappa shape index (κ1) is 38.2. The van der Waals surface area contributed by atoms with Crippen LogP contribution in [0.1, 0.15) is 24.8 Å².